The van der Waals surface area contributed by atoms with Crippen LogP contribution in [0.1, 0.15) is 36.7 Å². The predicted molar refractivity (Wildman–Crippen MR) is 131 cm³/mol. The maximum absolute atomic E-state index is 13.4. The maximum Gasteiger partial charge on any atom is 0.343 e. The Labute approximate surface area is 197 Å². The van der Waals surface area contributed by atoms with Gasteiger partial charge in [0, 0.05) is 5.56 Å². The van der Waals surface area contributed by atoms with Crippen LogP contribution >= 0.6 is 0 Å². The topological polar surface area (TPSA) is 75.0 Å². The molecule has 0 aliphatic rings. The molecule has 0 bridgehead atoms. The lowest BCUT2D eigenvalue weighted by Crippen LogP contribution is -2.16. The summed E-state index contributed by atoms with van der Waals surface area (Å²) in [5.41, 5.74) is 1.92. The van der Waals surface area contributed by atoms with Crippen molar-refractivity contribution in [3.8, 4) is 28.6 Å². The maximum atomic E-state index is 13.4. The summed E-state index contributed by atoms with van der Waals surface area (Å²) in [6.07, 6.45) is 0. The lowest BCUT2D eigenvalue weighted by atomic mass is 9.86. The van der Waals surface area contributed by atoms with Crippen molar-refractivity contribution < 1.29 is 23.4 Å². The Morgan fingerprint density at radius 2 is 1.53 bits per heavy atom. The van der Waals surface area contributed by atoms with E-state index in [0.717, 1.165) is 5.56 Å². The van der Waals surface area contributed by atoms with Crippen molar-refractivity contribution in [2.45, 2.75) is 26.2 Å². The second kappa shape index (κ2) is 9.06. The Morgan fingerprint density at radius 1 is 0.853 bits per heavy atom. The van der Waals surface area contributed by atoms with Crippen LogP contribution in [0.4, 0.5) is 0 Å². The molecule has 4 aromatic rings. The number of hydrogen-bond acceptors (Lipinski definition) is 6. The summed E-state index contributed by atoms with van der Waals surface area (Å²) < 4.78 is 22.2. The molecule has 0 radical (unpaired) electrons. The molecule has 0 unspecified atom stereocenters. The molecule has 4 rings (SSSR count). The van der Waals surface area contributed by atoms with Gasteiger partial charge in [0.1, 0.15) is 5.58 Å². The molecule has 0 fully saturated rings. The van der Waals surface area contributed by atoms with E-state index in [1.807, 2.05) is 24.3 Å². The fourth-order valence-corrected chi connectivity index (χ4v) is 3.64. The Bertz CT molecular complexity index is 1410. The number of para-hydroxylation sites is 1. The number of benzene rings is 3. The molecule has 1 heterocycles. The molecule has 0 aliphatic heterocycles. The second-order valence-corrected chi connectivity index (χ2v) is 8.87. The summed E-state index contributed by atoms with van der Waals surface area (Å²) in [6.45, 7) is 6.36. The van der Waals surface area contributed by atoms with Gasteiger partial charge in [-0.2, -0.15) is 0 Å². The van der Waals surface area contributed by atoms with Crippen LogP contribution in [-0.2, 0) is 5.41 Å². The molecule has 6 heteroatoms. The molecular formula is C28H26O6. The van der Waals surface area contributed by atoms with Crippen molar-refractivity contribution in [2.75, 3.05) is 14.2 Å². The van der Waals surface area contributed by atoms with E-state index in [2.05, 4.69) is 20.8 Å². The van der Waals surface area contributed by atoms with E-state index in [-0.39, 0.29) is 22.5 Å². The third-order valence-corrected chi connectivity index (χ3v) is 5.58. The van der Waals surface area contributed by atoms with Crippen molar-refractivity contribution in [2.24, 2.45) is 0 Å². The van der Waals surface area contributed by atoms with Crippen LogP contribution in [0.25, 0.3) is 22.3 Å². The number of ether oxygens (including phenoxy) is 3. The van der Waals surface area contributed by atoms with Gasteiger partial charge in [-0.1, -0.05) is 57.2 Å². The molecule has 0 atom stereocenters. The number of esters is 1. The van der Waals surface area contributed by atoms with E-state index >= 15 is 0 Å². The highest BCUT2D eigenvalue weighted by Crippen LogP contribution is 2.34. The Hall–Kier alpha value is -4.06. The minimum atomic E-state index is -0.712. The normalized spacial score (nSPS) is 11.3. The van der Waals surface area contributed by atoms with Crippen molar-refractivity contribution in [1.82, 2.24) is 0 Å². The zero-order valence-electron chi connectivity index (χ0n) is 19.8. The van der Waals surface area contributed by atoms with Crippen LogP contribution in [0.2, 0.25) is 0 Å². The van der Waals surface area contributed by atoms with E-state index in [1.165, 1.54) is 20.3 Å². The van der Waals surface area contributed by atoms with Gasteiger partial charge in [0.05, 0.1) is 25.2 Å². The van der Waals surface area contributed by atoms with Gasteiger partial charge >= 0.3 is 5.97 Å². The smallest absolute Gasteiger partial charge is 0.343 e. The SMILES string of the molecule is COc1ccc(C(=O)Oc2c(-c3ccc(C(C)(C)C)cc3)oc3ccccc3c2=O)cc1OC. The Balaban J connectivity index is 1.82. The average Bonchev–Trinajstić information content (AvgIpc) is 2.84. The van der Waals surface area contributed by atoms with Crippen LogP contribution in [-0.4, -0.2) is 20.2 Å². The van der Waals surface area contributed by atoms with Gasteiger partial charge in [0.15, 0.2) is 17.3 Å². The molecule has 6 nitrogen and oxygen atoms in total. The quantitative estimate of drug-likeness (QED) is 0.342. The highest BCUT2D eigenvalue weighted by molar-refractivity contribution is 5.93. The number of fused-ring (bicyclic) bond motifs is 1. The van der Waals surface area contributed by atoms with E-state index in [0.29, 0.717) is 28.0 Å². The third-order valence-electron chi connectivity index (χ3n) is 5.58. The summed E-state index contributed by atoms with van der Waals surface area (Å²) in [7, 11) is 2.98. The number of rotatable bonds is 5. The van der Waals surface area contributed by atoms with Crippen LogP contribution in [0.3, 0.4) is 0 Å². The van der Waals surface area contributed by atoms with Crippen LogP contribution < -0.4 is 19.6 Å². The van der Waals surface area contributed by atoms with Gasteiger partial charge in [-0.25, -0.2) is 4.79 Å². The summed E-state index contributed by atoms with van der Waals surface area (Å²) in [6, 6.07) is 19.2. The molecule has 0 saturated carbocycles. The van der Waals surface area contributed by atoms with Gasteiger partial charge in [0.2, 0.25) is 11.2 Å². The molecule has 0 N–H and O–H groups in total. The number of hydrogen-bond donors (Lipinski definition) is 0. The van der Waals surface area contributed by atoms with Crippen molar-refractivity contribution in [3.05, 3.63) is 88.1 Å². The summed E-state index contributed by atoms with van der Waals surface area (Å²) in [4.78, 5) is 26.4. The van der Waals surface area contributed by atoms with Crippen LogP contribution in [0, 0.1) is 0 Å². The number of carbonyl (C=O) groups is 1. The number of carbonyl (C=O) groups excluding carboxylic acids is 1. The van der Waals surface area contributed by atoms with Gasteiger partial charge < -0.3 is 18.6 Å². The Morgan fingerprint density at radius 3 is 2.18 bits per heavy atom. The fraction of sp³-hybridized carbons (Fsp3) is 0.214. The zero-order chi connectivity index (χ0) is 24.5. The van der Waals surface area contributed by atoms with E-state index in [9.17, 15) is 9.59 Å². The van der Waals surface area contributed by atoms with Crippen molar-refractivity contribution in [3.63, 3.8) is 0 Å². The van der Waals surface area contributed by atoms with Crippen LogP contribution in [0.15, 0.2) is 75.9 Å². The first kappa shape index (κ1) is 23.1. The molecule has 3 aromatic carbocycles. The molecule has 0 spiro atoms. The van der Waals surface area contributed by atoms with E-state index < -0.39 is 11.4 Å². The van der Waals surface area contributed by atoms with Crippen molar-refractivity contribution in [1.29, 1.82) is 0 Å². The van der Waals surface area contributed by atoms with E-state index in [1.54, 1.807) is 36.4 Å². The first-order chi connectivity index (χ1) is 16.2. The Kier molecular flexibility index (Phi) is 6.16. The molecule has 0 aliphatic carbocycles. The largest absolute Gasteiger partial charge is 0.493 e. The third kappa shape index (κ3) is 4.39. The molecule has 34 heavy (non-hydrogen) atoms. The minimum Gasteiger partial charge on any atom is -0.493 e. The summed E-state index contributed by atoms with van der Waals surface area (Å²) in [5, 5.41) is 0.327. The lowest BCUT2D eigenvalue weighted by Gasteiger charge is -2.19. The molecule has 1 aromatic heterocycles. The zero-order valence-corrected chi connectivity index (χ0v) is 19.8. The summed E-state index contributed by atoms with van der Waals surface area (Å²) >= 11 is 0. The van der Waals surface area contributed by atoms with Crippen molar-refractivity contribution >= 4 is 16.9 Å². The van der Waals surface area contributed by atoms with Gasteiger partial charge in [-0.3, -0.25) is 4.79 Å². The lowest BCUT2D eigenvalue weighted by molar-refractivity contribution is 0.0731. The summed E-state index contributed by atoms with van der Waals surface area (Å²) in [5.74, 6) is 0.167. The molecule has 0 saturated heterocycles. The van der Waals surface area contributed by atoms with E-state index in [4.69, 9.17) is 18.6 Å². The van der Waals surface area contributed by atoms with Gasteiger partial charge in [-0.15, -0.1) is 0 Å². The van der Waals surface area contributed by atoms with Crippen LogP contribution in [0.5, 0.6) is 17.2 Å². The minimum absolute atomic E-state index is 0.0362. The second-order valence-electron chi connectivity index (χ2n) is 8.87. The molecule has 0 amide bonds. The van der Waals surface area contributed by atoms with Gasteiger partial charge in [0.25, 0.3) is 0 Å². The molecular weight excluding hydrogens is 432 g/mol. The average molecular weight is 459 g/mol. The fourth-order valence-electron chi connectivity index (χ4n) is 3.64. The highest BCUT2D eigenvalue weighted by atomic mass is 16.5. The monoisotopic (exact) mass is 458 g/mol. The highest BCUT2D eigenvalue weighted by Gasteiger charge is 2.23. The molecule has 174 valence electrons. The number of methoxy groups -OCH3 is 2. The van der Waals surface area contributed by atoms with Gasteiger partial charge in [-0.05, 0) is 41.3 Å². The predicted octanol–water partition coefficient (Wildman–Crippen LogP) is 5.99. The standard InChI is InChI=1S/C28H26O6/c1-28(2,3)19-13-10-17(11-14-19)25-26(24(29)20-8-6-7-9-21(20)33-25)34-27(30)18-12-15-22(31-4)23(16-18)32-5/h6-16H,1-5H3. The first-order valence-electron chi connectivity index (χ1n) is 10.8. The first-order valence-corrected chi connectivity index (χ1v) is 10.8.